The van der Waals surface area contributed by atoms with Crippen LogP contribution in [-0.4, -0.2) is 24.8 Å². The van der Waals surface area contributed by atoms with Gasteiger partial charge in [0.15, 0.2) is 5.65 Å². The molecule has 3 rings (SSSR count). The number of nitrogens with one attached hydrogen (secondary N) is 2. The van der Waals surface area contributed by atoms with Gasteiger partial charge < -0.3 is 11.1 Å². The van der Waals surface area contributed by atoms with E-state index >= 15 is 0 Å². The number of nitrogen functional groups attached to an aromatic ring is 1. The van der Waals surface area contributed by atoms with E-state index in [1.807, 2.05) is 18.3 Å². The number of aromatic amines is 1. The van der Waals surface area contributed by atoms with Crippen molar-refractivity contribution in [2.45, 2.75) is 6.54 Å². The van der Waals surface area contributed by atoms with Crippen LogP contribution < -0.4 is 11.1 Å². The quantitative estimate of drug-likeness (QED) is 0.612. The highest BCUT2D eigenvalue weighted by atomic mass is 15.2. The fourth-order valence-corrected chi connectivity index (χ4v) is 1.56. The first kappa shape index (κ1) is 9.64. The minimum atomic E-state index is 0.572. The third-order valence-corrected chi connectivity index (χ3v) is 2.47. The molecular weight excluding hydrogens is 218 g/mol. The van der Waals surface area contributed by atoms with Gasteiger partial charge in [0.1, 0.15) is 11.6 Å². The fraction of sp³-hybridized carbons (Fsp3) is 0.100. The molecular formula is C10H11N7. The molecule has 0 aliphatic heterocycles. The van der Waals surface area contributed by atoms with Crippen molar-refractivity contribution in [2.75, 3.05) is 11.1 Å². The van der Waals surface area contributed by atoms with Gasteiger partial charge in [0.05, 0.1) is 12.4 Å². The highest BCUT2D eigenvalue weighted by Gasteiger charge is 2.02. The van der Waals surface area contributed by atoms with Crippen molar-refractivity contribution in [2.24, 2.45) is 0 Å². The number of hydrogen-bond acceptors (Lipinski definition) is 5. The van der Waals surface area contributed by atoms with Crippen molar-refractivity contribution in [3.05, 3.63) is 36.3 Å². The number of nitrogens with two attached hydrogens (primary N) is 1. The second kappa shape index (κ2) is 3.78. The largest absolute Gasteiger partial charge is 0.384 e. The molecule has 17 heavy (non-hydrogen) atoms. The standard InChI is InChI=1S/C10H11N7/c11-10-7(6-13-16-10)5-12-8-2-4-17-9(15-8)1-3-14-17/h1-4,6H,5H2,(H,12,15)(H3,11,13,16). The van der Waals surface area contributed by atoms with Gasteiger partial charge in [0.25, 0.3) is 0 Å². The average molecular weight is 229 g/mol. The smallest absolute Gasteiger partial charge is 0.157 e. The summed E-state index contributed by atoms with van der Waals surface area (Å²) < 4.78 is 1.71. The van der Waals surface area contributed by atoms with Crippen LogP contribution in [0.2, 0.25) is 0 Å². The summed E-state index contributed by atoms with van der Waals surface area (Å²) in [6.45, 7) is 0.583. The molecule has 7 heteroatoms. The Balaban J connectivity index is 1.78. The van der Waals surface area contributed by atoms with Gasteiger partial charge in [-0.2, -0.15) is 10.2 Å². The molecule has 0 fully saturated rings. The Bertz CT molecular complexity index is 639. The molecule has 0 aromatic carbocycles. The lowest BCUT2D eigenvalue weighted by Gasteiger charge is -2.04. The van der Waals surface area contributed by atoms with E-state index in [2.05, 4.69) is 25.6 Å². The summed E-state index contributed by atoms with van der Waals surface area (Å²) in [6.07, 6.45) is 5.25. The highest BCUT2D eigenvalue weighted by molar-refractivity contribution is 5.47. The van der Waals surface area contributed by atoms with Gasteiger partial charge >= 0.3 is 0 Å². The maximum absolute atomic E-state index is 5.69. The summed E-state index contributed by atoms with van der Waals surface area (Å²) in [5.74, 6) is 1.35. The summed E-state index contributed by atoms with van der Waals surface area (Å²) in [4.78, 5) is 4.38. The third-order valence-electron chi connectivity index (χ3n) is 2.47. The number of anilines is 2. The topological polar surface area (TPSA) is 96.9 Å². The molecule has 0 amide bonds. The monoisotopic (exact) mass is 229 g/mol. The first-order valence-corrected chi connectivity index (χ1v) is 5.15. The zero-order chi connectivity index (χ0) is 11.7. The second-order valence-electron chi connectivity index (χ2n) is 3.61. The van der Waals surface area contributed by atoms with Crippen LogP contribution in [0.1, 0.15) is 5.56 Å². The van der Waals surface area contributed by atoms with Gasteiger partial charge in [-0.15, -0.1) is 0 Å². The van der Waals surface area contributed by atoms with Crippen molar-refractivity contribution < 1.29 is 0 Å². The highest BCUT2D eigenvalue weighted by Crippen LogP contribution is 2.10. The number of rotatable bonds is 3. The molecule has 86 valence electrons. The zero-order valence-electron chi connectivity index (χ0n) is 8.96. The molecule has 0 aliphatic carbocycles. The summed E-state index contributed by atoms with van der Waals surface area (Å²) in [6, 6.07) is 3.70. The average Bonchev–Trinajstić information content (AvgIpc) is 2.94. The Kier molecular flexibility index (Phi) is 2.14. The summed E-state index contributed by atoms with van der Waals surface area (Å²) in [5, 5.41) is 13.8. The lowest BCUT2D eigenvalue weighted by molar-refractivity contribution is 0.936. The molecule has 0 unspecified atom stereocenters. The Morgan fingerprint density at radius 2 is 2.35 bits per heavy atom. The lowest BCUT2D eigenvalue weighted by atomic mass is 10.3. The molecule has 0 radical (unpaired) electrons. The van der Waals surface area contributed by atoms with E-state index in [1.54, 1.807) is 16.9 Å². The van der Waals surface area contributed by atoms with Crippen LogP contribution in [0, 0.1) is 0 Å². The predicted octanol–water partition coefficient (Wildman–Crippen LogP) is 0.647. The van der Waals surface area contributed by atoms with Crippen molar-refractivity contribution in [1.29, 1.82) is 0 Å². The summed E-state index contributed by atoms with van der Waals surface area (Å²) >= 11 is 0. The van der Waals surface area contributed by atoms with E-state index in [0.717, 1.165) is 17.0 Å². The van der Waals surface area contributed by atoms with Gasteiger partial charge in [0.2, 0.25) is 0 Å². The van der Waals surface area contributed by atoms with E-state index in [9.17, 15) is 0 Å². The van der Waals surface area contributed by atoms with E-state index in [-0.39, 0.29) is 0 Å². The molecule has 4 N–H and O–H groups in total. The fourth-order valence-electron chi connectivity index (χ4n) is 1.56. The number of fused-ring (bicyclic) bond motifs is 1. The van der Waals surface area contributed by atoms with Crippen LogP contribution in [-0.2, 0) is 6.54 Å². The molecule has 0 aliphatic rings. The minimum absolute atomic E-state index is 0.572. The SMILES string of the molecule is Nc1[nH]ncc1CNc1ccn2nccc2n1. The van der Waals surface area contributed by atoms with Crippen LogP contribution in [0.4, 0.5) is 11.6 Å². The Hall–Kier alpha value is -2.57. The van der Waals surface area contributed by atoms with Crippen LogP contribution in [0.5, 0.6) is 0 Å². The number of H-pyrrole nitrogens is 1. The summed E-state index contributed by atoms with van der Waals surface area (Å²) in [7, 11) is 0. The van der Waals surface area contributed by atoms with E-state index in [1.165, 1.54) is 0 Å². The van der Waals surface area contributed by atoms with Gasteiger partial charge in [-0.3, -0.25) is 5.10 Å². The normalized spacial score (nSPS) is 10.8. The molecule has 3 aromatic heterocycles. The number of hydrogen-bond donors (Lipinski definition) is 3. The van der Waals surface area contributed by atoms with Crippen LogP contribution in [0.25, 0.3) is 5.65 Å². The first-order valence-electron chi connectivity index (χ1n) is 5.15. The van der Waals surface area contributed by atoms with E-state index in [0.29, 0.717) is 12.4 Å². The van der Waals surface area contributed by atoms with Gasteiger partial charge in [-0.1, -0.05) is 0 Å². The third kappa shape index (κ3) is 1.78. The Morgan fingerprint density at radius 3 is 3.18 bits per heavy atom. The predicted molar refractivity (Wildman–Crippen MR) is 63.3 cm³/mol. The Morgan fingerprint density at radius 1 is 1.41 bits per heavy atom. The molecule has 0 saturated heterocycles. The van der Waals surface area contributed by atoms with Crippen molar-refractivity contribution in [3.63, 3.8) is 0 Å². The Labute approximate surface area is 96.7 Å². The molecule has 0 bridgehead atoms. The molecule has 3 heterocycles. The molecule has 0 saturated carbocycles. The lowest BCUT2D eigenvalue weighted by Crippen LogP contribution is -2.03. The van der Waals surface area contributed by atoms with E-state index in [4.69, 9.17) is 5.73 Å². The van der Waals surface area contributed by atoms with E-state index < -0.39 is 0 Å². The first-order chi connectivity index (χ1) is 8.33. The van der Waals surface area contributed by atoms with Crippen molar-refractivity contribution >= 4 is 17.3 Å². The van der Waals surface area contributed by atoms with Crippen LogP contribution in [0.3, 0.4) is 0 Å². The van der Waals surface area contributed by atoms with Gasteiger partial charge in [-0.25, -0.2) is 9.50 Å². The zero-order valence-corrected chi connectivity index (χ0v) is 8.96. The maximum Gasteiger partial charge on any atom is 0.157 e. The molecule has 0 spiro atoms. The van der Waals surface area contributed by atoms with Gasteiger partial charge in [-0.05, 0) is 6.07 Å². The van der Waals surface area contributed by atoms with Crippen LogP contribution >= 0.6 is 0 Å². The van der Waals surface area contributed by atoms with Crippen molar-refractivity contribution in [3.8, 4) is 0 Å². The number of aromatic nitrogens is 5. The number of nitrogens with zero attached hydrogens (tertiary/aromatic N) is 4. The maximum atomic E-state index is 5.69. The minimum Gasteiger partial charge on any atom is -0.384 e. The van der Waals surface area contributed by atoms with Gasteiger partial charge in [0, 0.05) is 24.4 Å². The van der Waals surface area contributed by atoms with Crippen molar-refractivity contribution in [1.82, 2.24) is 24.8 Å². The molecule has 7 nitrogen and oxygen atoms in total. The second-order valence-corrected chi connectivity index (χ2v) is 3.61. The molecule has 3 aromatic rings. The summed E-state index contributed by atoms with van der Waals surface area (Å²) in [5.41, 5.74) is 7.40. The van der Waals surface area contributed by atoms with Crippen LogP contribution in [0.15, 0.2) is 30.7 Å². The molecule has 0 atom stereocenters.